The van der Waals surface area contributed by atoms with Gasteiger partial charge in [-0.1, -0.05) is 25.0 Å². The Labute approximate surface area is 157 Å². The summed E-state index contributed by atoms with van der Waals surface area (Å²) in [4.78, 5) is 6.65. The molecule has 0 amide bonds. The minimum absolute atomic E-state index is 0.742. The minimum Gasteiger partial charge on any atom is -0.457 e. The SMILES string of the molecule is CCN(C)C=Nc1cc(C)c(Oc2ccc(C3CCCC3)cc2)cc1C. The Morgan fingerprint density at radius 2 is 1.77 bits per heavy atom. The molecule has 1 aliphatic rings. The van der Waals surface area contributed by atoms with Gasteiger partial charge in [0.1, 0.15) is 11.5 Å². The first-order valence-corrected chi connectivity index (χ1v) is 9.70. The lowest BCUT2D eigenvalue weighted by Gasteiger charge is -2.14. The average molecular weight is 351 g/mol. The van der Waals surface area contributed by atoms with E-state index in [0.29, 0.717) is 0 Å². The van der Waals surface area contributed by atoms with Crippen molar-refractivity contribution < 1.29 is 4.74 Å². The maximum absolute atomic E-state index is 6.15. The van der Waals surface area contributed by atoms with Crippen LogP contribution >= 0.6 is 0 Å². The molecule has 26 heavy (non-hydrogen) atoms. The summed E-state index contributed by atoms with van der Waals surface area (Å²) in [5.74, 6) is 2.54. The molecule has 0 aromatic heterocycles. The lowest BCUT2D eigenvalue weighted by atomic mass is 9.98. The number of hydrogen-bond donors (Lipinski definition) is 0. The molecular formula is C23H30N2O. The van der Waals surface area contributed by atoms with E-state index in [9.17, 15) is 0 Å². The van der Waals surface area contributed by atoms with Gasteiger partial charge in [-0.3, -0.25) is 0 Å². The molecule has 0 unspecified atom stereocenters. The number of benzene rings is 2. The van der Waals surface area contributed by atoms with E-state index in [0.717, 1.165) is 40.8 Å². The molecule has 0 atom stereocenters. The van der Waals surface area contributed by atoms with Gasteiger partial charge in [0.05, 0.1) is 12.0 Å². The normalized spacial score (nSPS) is 14.9. The van der Waals surface area contributed by atoms with E-state index in [2.05, 4.69) is 67.1 Å². The van der Waals surface area contributed by atoms with Gasteiger partial charge in [0, 0.05) is 13.6 Å². The van der Waals surface area contributed by atoms with Gasteiger partial charge in [0.25, 0.3) is 0 Å². The maximum atomic E-state index is 6.15. The summed E-state index contributed by atoms with van der Waals surface area (Å²) < 4.78 is 6.15. The van der Waals surface area contributed by atoms with Crippen LogP contribution in [0.15, 0.2) is 41.4 Å². The van der Waals surface area contributed by atoms with Crippen LogP contribution in [0.4, 0.5) is 5.69 Å². The molecule has 1 aliphatic carbocycles. The fourth-order valence-electron chi connectivity index (χ4n) is 3.46. The molecule has 2 aromatic rings. The topological polar surface area (TPSA) is 24.8 Å². The van der Waals surface area contributed by atoms with E-state index in [4.69, 9.17) is 4.74 Å². The molecule has 0 aliphatic heterocycles. The second kappa shape index (κ2) is 8.39. The molecule has 0 bridgehead atoms. The van der Waals surface area contributed by atoms with Gasteiger partial charge in [0.2, 0.25) is 0 Å². The zero-order valence-electron chi connectivity index (χ0n) is 16.5. The maximum Gasteiger partial charge on any atom is 0.130 e. The number of rotatable bonds is 6. The highest BCUT2D eigenvalue weighted by atomic mass is 16.5. The van der Waals surface area contributed by atoms with Crippen LogP contribution in [-0.4, -0.2) is 24.8 Å². The minimum atomic E-state index is 0.742. The third-order valence-corrected chi connectivity index (χ3v) is 5.32. The standard InChI is InChI=1S/C23H30N2O/c1-5-25(4)16-24-22-14-18(3)23(15-17(22)2)26-21-12-10-20(11-13-21)19-8-6-7-9-19/h10-16,19H,5-9H2,1-4H3. The van der Waals surface area contributed by atoms with Crippen LogP contribution in [0, 0.1) is 13.8 Å². The number of aliphatic imine (C=N–C) groups is 1. The Balaban J connectivity index is 1.73. The molecule has 138 valence electrons. The fraction of sp³-hybridized carbons (Fsp3) is 0.435. The summed E-state index contributed by atoms with van der Waals surface area (Å²) in [5, 5.41) is 0. The van der Waals surface area contributed by atoms with E-state index in [1.165, 1.54) is 31.2 Å². The molecule has 1 fully saturated rings. The van der Waals surface area contributed by atoms with Gasteiger partial charge >= 0.3 is 0 Å². The third-order valence-electron chi connectivity index (χ3n) is 5.32. The predicted octanol–water partition coefficient (Wildman–Crippen LogP) is 6.36. The van der Waals surface area contributed by atoms with E-state index in [-0.39, 0.29) is 0 Å². The molecule has 0 saturated heterocycles. The van der Waals surface area contributed by atoms with E-state index in [1.54, 1.807) is 0 Å². The molecule has 0 spiro atoms. The van der Waals surface area contributed by atoms with E-state index < -0.39 is 0 Å². The van der Waals surface area contributed by atoms with Crippen LogP contribution in [0.1, 0.15) is 55.2 Å². The van der Waals surface area contributed by atoms with Crippen molar-refractivity contribution in [2.24, 2.45) is 4.99 Å². The number of ether oxygens (including phenoxy) is 1. The zero-order valence-corrected chi connectivity index (χ0v) is 16.5. The smallest absolute Gasteiger partial charge is 0.130 e. The molecule has 0 radical (unpaired) electrons. The second-order valence-electron chi connectivity index (χ2n) is 7.37. The molecule has 2 aromatic carbocycles. The lowest BCUT2D eigenvalue weighted by Crippen LogP contribution is -2.14. The van der Waals surface area contributed by atoms with Crippen LogP contribution in [0.5, 0.6) is 11.5 Å². The number of aryl methyl sites for hydroxylation is 2. The first-order valence-electron chi connectivity index (χ1n) is 9.70. The fourth-order valence-corrected chi connectivity index (χ4v) is 3.46. The first-order chi connectivity index (χ1) is 12.6. The summed E-state index contributed by atoms with van der Waals surface area (Å²) in [7, 11) is 2.03. The molecule has 3 nitrogen and oxygen atoms in total. The van der Waals surface area contributed by atoms with Crippen LogP contribution < -0.4 is 4.74 Å². The first kappa shape index (κ1) is 18.5. The molecule has 3 heteroatoms. The van der Waals surface area contributed by atoms with Crippen LogP contribution in [0.2, 0.25) is 0 Å². The third kappa shape index (κ3) is 4.46. The van der Waals surface area contributed by atoms with Gasteiger partial charge in [-0.05, 0) is 80.5 Å². The highest BCUT2D eigenvalue weighted by Gasteiger charge is 2.16. The van der Waals surface area contributed by atoms with Crippen LogP contribution in [-0.2, 0) is 0 Å². The summed E-state index contributed by atoms with van der Waals surface area (Å²) in [6.07, 6.45) is 7.26. The Bertz CT molecular complexity index is 759. The van der Waals surface area contributed by atoms with Crippen molar-refractivity contribution in [3.8, 4) is 11.5 Å². The van der Waals surface area contributed by atoms with Gasteiger partial charge in [-0.15, -0.1) is 0 Å². The van der Waals surface area contributed by atoms with Crippen LogP contribution in [0.25, 0.3) is 0 Å². The molecule has 3 rings (SSSR count). The summed E-state index contributed by atoms with van der Waals surface area (Å²) >= 11 is 0. The zero-order chi connectivity index (χ0) is 18.5. The van der Waals surface area contributed by atoms with Crippen molar-refractivity contribution in [3.05, 3.63) is 53.1 Å². The van der Waals surface area contributed by atoms with Crippen LogP contribution in [0.3, 0.4) is 0 Å². The van der Waals surface area contributed by atoms with Crippen molar-refractivity contribution in [2.45, 2.75) is 52.4 Å². The van der Waals surface area contributed by atoms with Gasteiger partial charge in [0.15, 0.2) is 0 Å². The molecule has 0 N–H and O–H groups in total. The van der Waals surface area contributed by atoms with Gasteiger partial charge < -0.3 is 9.64 Å². The Morgan fingerprint density at radius 3 is 2.42 bits per heavy atom. The molecule has 0 heterocycles. The molecular weight excluding hydrogens is 320 g/mol. The van der Waals surface area contributed by atoms with E-state index in [1.807, 2.05) is 13.4 Å². The summed E-state index contributed by atoms with van der Waals surface area (Å²) in [5.41, 5.74) is 4.66. The monoisotopic (exact) mass is 350 g/mol. The summed E-state index contributed by atoms with van der Waals surface area (Å²) in [6.45, 7) is 7.21. The van der Waals surface area contributed by atoms with Crippen molar-refractivity contribution in [3.63, 3.8) is 0 Å². The Morgan fingerprint density at radius 1 is 1.08 bits per heavy atom. The second-order valence-corrected chi connectivity index (χ2v) is 7.37. The summed E-state index contributed by atoms with van der Waals surface area (Å²) in [6, 6.07) is 12.8. The van der Waals surface area contributed by atoms with Gasteiger partial charge in [-0.25, -0.2) is 4.99 Å². The lowest BCUT2D eigenvalue weighted by molar-refractivity contribution is 0.478. The van der Waals surface area contributed by atoms with Crippen molar-refractivity contribution in [1.82, 2.24) is 4.90 Å². The largest absolute Gasteiger partial charge is 0.457 e. The highest BCUT2D eigenvalue weighted by Crippen LogP contribution is 2.36. The molecule has 1 saturated carbocycles. The van der Waals surface area contributed by atoms with Crippen molar-refractivity contribution >= 4 is 12.0 Å². The van der Waals surface area contributed by atoms with Gasteiger partial charge in [-0.2, -0.15) is 0 Å². The number of hydrogen-bond acceptors (Lipinski definition) is 2. The average Bonchev–Trinajstić information content (AvgIpc) is 3.18. The predicted molar refractivity (Wildman–Crippen MR) is 110 cm³/mol. The highest BCUT2D eigenvalue weighted by molar-refractivity contribution is 5.64. The quantitative estimate of drug-likeness (QED) is 0.447. The van der Waals surface area contributed by atoms with Crippen molar-refractivity contribution in [2.75, 3.05) is 13.6 Å². The Hall–Kier alpha value is -2.29. The van der Waals surface area contributed by atoms with E-state index >= 15 is 0 Å². The number of nitrogens with zero attached hydrogens (tertiary/aromatic N) is 2. The van der Waals surface area contributed by atoms with Crippen molar-refractivity contribution in [1.29, 1.82) is 0 Å². The Kier molecular flexibility index (Phi) is 5.97.